The standard InChI is InChI=1S/C39H34/c1-3-27-19-22-33-34-23-20-28(4-2)26-36(34)38(35(33)25-27)39(30-14-7-5-8-15-30,31-16-9-6-10-17-31)37-24-21-29-13-11-12-18-32(29)37/h5-26,37-38H,3-4H2,1-2H3. The van der Waals surface area contributed by atoms with Crippen molar-refractivity contribution < 1.29 is 0 Å². The zero-order valence-electron chi connectivity index (χ0n) is 22.8. The van der Waals surface area contributed by atoms with Gasteiger partial charge >= 0.3 is 0 Å². The first-order valence-corrected chi connectivity index (χ1v) is 14.4. The Bertz CT molecular complexity index is 1580. The first kappa shape index (κ1) is 23.9. The Kier molecular flexibility index (Phi) is 5.85. The van der Waals surface area contributed by atoms with E-state index in [2.05, 4.69) is 147 Å². The number of fused-ring (bicyclic) bond motifs is 4. The van der Waals surface area contributed by atoms with Crippen LogP contribution in [0.15, 0.2) is 127 Å². The second-order valence-electron chi connectivity index (χ2n) is 11.1. The Morgan fingerprint density at radius 2 is 1.05 bits per heavy atom. The van der Waals surface area contributed by atoms with Crippen LogP contribution in [-0.4, -0.2) is 0 Å². The molecular weight excluding hydrogens is 468 g/mol. The summed E-state index contributed by atoms with van der Waals surface area (Å²) in [6.45, 7) is 4.54. The molecule has 5 aromatic carbocycles. The average molecular weight is 503 g/mol. The lowest BCUT2D eigenvalue weighted by Gasteiger charge is -2.46. The summed E-state index contributed by atoms with van der Waals surface area (Å²) in [4.78, 5) is 0. The van der Waals surface area contributed by atoms with Crippen molar-refractivity contribution in [2.75, 3.05) is 0 Å². The van der Waals surface area contributed by atoms with E-state index in [-0.39, 0.29) is 17.3 Å². The molecule has 39 heavy (non-hydrogen) atoms. The number of aryl methyl sites for hydroxylation is 2. The minimum absolute atomic E-state index is 0.172. The Labute approximate surface area is 232 Å². The molecule has 0 N–H and O–H groups in total. The normalized spacial score (nSPS) is 15.7. The van der Waals surface area contributed by atoms with Gasteiger partial charge in [-0.05, 0) is 68.5 Å². The molecule has 190 valence electrons. The molecule has 1 unspecified atom stereocenters. The molecule has 0 heteroatoms. The van der Waals surface area contributed by atoms with Crippen LogP contribution in [0.25, 0.3) is 17.2 Å². The SMILES string of the molecule is CCc1ccc2c(c1)C(C(c1ccccc1)(c1ccccc1)C1C=Cc3ccccc31)c1cc(CC)ccc1-2. The lowest BCUT2D eigenvalue weighted by molar-refractivity contribution is 0.416. The van der Waals surface area contributed by atoms with E-state index >= 15 is 0 Å². The maximum Gasteiger partial charge on any atom is 0.0415 e. The van der Waals surface area contributed by atoms with E-state index in [9.17, 15) is 0 Å². The molecule has 0 saturated heterocycles. The molecule has 1 atom stereocenters. The third-order valence-electron chi connectivity index (χ3n) is 9.21. The minimum Gasteiger partial charge on any atom is -0.0751 e. The quantitative estimate of drug-likeness (QED) is 0.217. The summed E-state index contributed by atoms with van der Waals surface area (Å²) < 4.78 is 0. The number of benzene rings is 5. The third-order valence-corrected chi connectivity index (χ3v) is 9.21. The first-order chi connectivity index (χ1) is 19.3. The molecule has 0 heterocycles. The zero-order valence-corrected chi connectivity index (χ0v) is 22.8. The number of rotatable bonds is 6. The maximum absolute atomic E-state index is 2.51. The molecule has 0 aliphatic heterocycles. The third kappa shape index (κ3) is 3.58. The average Bonchev–Trinajstić information content (AvgIpc) is 3.58. The van der Waals surface area contributed by atoms with Crippen LogP contribution in [0.1, 0.15) is 70.2 Å². The van der Waals surface area contributed by atoms with E-state index in [1.807, 2.05) is 0 Å². The van der Waals surface area contributed by atoms with Crippen molar-refractivity contribution in [3.8, 4) is 11.1 Å². The van der Waals surface area contributed by atoms with Crippen molar-refractivity contribution >= 4 is 6.08 Å². The van der Waals surface area contributed by atoms with E-state index in [1.165, 1.54) is 55.6 Å². The fourth-order valence-corrected chi connectivity index (χ4v) is 7.40. The summed E-state index contributed by atoms with van der Waals surface area (Å²) in [6, 6.07) is 46.1. The maximum atomic E-state index is 2.51. The summed E-state index contributed by atoms with van der Waals surface area (Å²) >= 11 is 0. The highest BCUT2D eigenvalue weighted by Gasteiger charge is 2.53. The van der Waals surface area contributed by atoms with Crippen LogP contribution >= 0.6 is 0 Å². The number of hydrogen-bond acceptors (Lipinski definition) is 0. The van der Waals surface area contributed by atoms with E-state index < -0.39 is 0 Å². The van der Waals surface area contributed by atoms with Gasteiger partial charge in [-0.1, -0.05) is 147 Å². The van der Waals surface area contributed by atoms with Gasteiger partial charge in [0.05, 0.1) is 0 Å². The van der Waals surface area contributed by atoms with Gasteiger partial charge in [-0.15, -0.1) is 0 Å². The summed E-state index contributed by atoms with van der Waals surface area (Å²) in [5.41, 5.74) is 13.7. The Balaban J connectivity index is 1.64. The monoisotopic (exact) mass is 502 g/mol. The first-order valence-electron chi connectivity index (χ1n) is 14.4. The Hall–Kier alpha value is -4.16. The molecule has 0 aromatic heterocycles. The summed E-state index contributed by atoms with van der Waals surface area (Å²) in [6.07, 6.45) is 6.90. The van der Waals surface area contributed by atoms with Gasteiger partial charge in [-0.2, -0.15) is 0 Å². The van der Waals surface area contributed by atoms with Crippen LogP contribution < -0.4 is 0 Å². The van der Waals surface area contributed by atoms with Crippen molar-refractivity contribution in [2.24, 2.45) is 0 Å². The number of allylic oxidation sites excluding steroid dienone is 1. The smallest absolute Gasteiger partial charge is 0.0415 e. The van der Waals surface area contributed by atoms with E-state index in [1.54, 1.807) is 0 Å². The van der Waals surface area contributed by atoms with E-state index in [0.717, 1.165) is 12.8 Å². The molecule has 0 saturated carbocycles. The van der Waals surface area contributed by atoms with Gasteiger partial charge in [0, 0.05) is 17.3 Å². The predicted molar refractivity (Wildman–Crippen MR) is 164 cm³/mol. The summed E-state index contributed by atoms with van der Waals surface area (Å²) in [5, 5.41) is 0. The highest BCUT2D eigenvalue weighted by atomic mass is 14.5. The minimum atomic E-state index is -0.329. The molecule has 0 bridgehead atoms. The molecule has 0 amide bonds. The highest BCUT2D eigenvalue weighted by Crippen LogP contribution is 2.63. The van der Waals surface area contributed by atoms with Gasteiger partial charge < -0.3 is 0 Å². The van der Waals surface area contributed by atoms with Crippen molar-refractivity contribution in [1.82, 2.24) is 0 Å². The van der Waals surface area contributed by atoms with Gasteiger partial charge in [0.1, 0.15) is 0 Å². The molecule has 0 radical (unpaired) electrons. The van der Waals surface area contributed by atoms with Crippen LogP contribution in [0.4, 0.5) is 0 Å². The van der Waals surface area contributed by atoms with Crippen LogP contribution in [0.2, 0.25) is 0 Å². The van der Waals surface area contributed by atoms with Crippen LogP contribution in [0, 0.1) is 0 Å². The lowest BCUT2D eigenvalue weighted by Crippen LogP contribution is -2.40. The molecule has 0 nitrogen and oxygen atoms in total. The topological polar surface area (TPSA) is 0 Å². The van der Waals surface area contributed by atoms with Gasteiger partial charge in [0.15, 0.2) is 0 Å². The van der Waals surface area contributed by atoms with E-state index in [4.69, 9.17) is 0 Å². The van der Waals surface area contributed by atoms with Gasteiger partial charge in [-0.3, -0.25) is 0 Å². The molecule has 2 aliphatic rings. The van der Waals surface area contributed by atoms with Crippen molar-refractivity contribution in [3.05, 3.63) is 172 Å². The second-order valence-corrected chi connectivity index (χ2v) is 11.1. The van der Waals surface area contributed by atoms with Crippen molar-refractivity contribution in [2.45, 2.75) is 43.9 Å². The zero-order chi connectivity index (χ0) is 26.4. The number of hydrogen-bond donors (Lipinski definition) is 0. The Morgan fingerprint density at radius 3 is 1.59 bits per heavy atom. The fraction of sp³-hybridized carbons (Fsp3) is 0.179. The van der Waals surface area contributed by atoms with Gasteiger partial charge in [-0.25, -0.2) is 0 Å². The fourth-order valence-electron chi connectivity index (χ4n) is 7.40. The van der Waals surface area contributed by atoms with Crippen molar-refractivity contribution in [1.29, 1.82) is 0 Å². The summed E-state index contributed by atoms with van der Waals surface area (Å²) in [5.74, 6) is 0.365. The highest BCUT2D eigenvalue weighted by molar-refractivity contribution is 5.82. The Morgan fingerprint density at radius 1 is 0.538 bits per heavy atom. The van der Waals surface area contributed by atoms with Crippen molar-refractivity contribution in [3.63, 3.8) is 0 Å². The molecule has 0 spiro atoms. The van der Waals surface area contributed by atoms with E-state index in [0.29, 0.717) is 0 Å². The van der Waals surface area contributed by atoms with Crippen LogP contribution in [0.5, 0.6) is 0 Å². The molecule has 2 aliphatic carbocycles. The van der Waals surface area contributed by atoms with Crippen LogP contribution in [-0.2, 0) is 18.3 Å². The summed E-state index contributed by atoms with van der Waals surface area (Å²) in [7, 11) is 0. The molecular formula is C39H34. The molecule has 0 fully saturated rings. The van der Waals surface area contributed by atoms with Crippen LogP contribution in [0.3, 0.4) is 0 Å². The molecule has 5 aromatic rings. The van der Waals surface area contributed by atoms with Gasteiger partial charge in [0.2, 0.25) is 0 Å². The predicted octanol–water partition coefficient (Wildman–Crippen LogP) is 9.72. The largest absolute Gasteiger partial charge is 0.0751 e. The van der Waals surface area contributed by atoms with Gasteiger partial charge in [0.25, 0.3) is 0 Å². The second kappa shape index (κ2) is 9.54. The molecule has 7 rings (SSSR count). The lowest BCUT2D eigenvalue weighted by atomic mass is 9.55.